The Morgan fingerprint density at radius 1 is 0.718 bits per heavy atom. The third-order valence-corrected chi connectivity index (χ3v) is 5.08. The van der Waals surface area contributed by atoms with E-state index >= 15 is 0 Å². The first-order chi connectivity index (χ1) is 17.8. The second kappa shape index (κ2) is 20.8. The van der Waals surface area contributed by atoms with Gasteiger partial charge in [-0.25, -0.2) is 9.59 Å². The number of aliphatic carboxylic acids is 2. The number of benzene rings is 1. The van der Waals surface area contributed by atoms with Crippen molar-refractivity contribution in [2.24, 2.45) is 16.7 Å². The highest BCUT2D eigenvalue weighted by molar-refractivity contribution is 5.93. The summed E-state index contributed by atoms with van der Waals surface area (Å²) in [7, 11) is 0. The van der Waals surface area contributed by atoms with E-state index in [0.29, 0.717) is 12.8 Å². The molecule has 1 aromatic carbocycles. The molecule has 0 aromatic heterocycles. The van der Waals surface area contributed by atoms with E-state index in [4.69, 9.17) is 35.7 Å². The monoisotopic (exact) mass is 562 g/mol. The molecule has 0 saturated heterocycles. The largest absolute Gasteiger partial charge is 0.481 e. The summed E-state index contributed by atoms with van der Waals surface area (Å²) in [5.74, 6) is -3.78. The number of hydrogen-bond donors (Lipinski definition) is 8. The molecule has 0 aliphatic carbocycles. The summed E-state index contributed by atoms with van der Waals surface area (Å²) < 4.78 is 0. The molecule has 0 amide bonds. The van der Waals surface area contributed by atoms with Crippen molar-refractivity contribution in [2.75, 3.05) is 19.8 Å². The van der Waals surface area contributed by atoms with E-state index in [1.165, 1.54) is 18.2 Å². The molecule has 1 atom stereocenters. The molecule has 0 aliphatic heterocycles. The minimum atomic E-state index is -1.13. The third-order valence-electron chi connectivity index (χ3n) is 5.08. The van der Waals surface area contributed by atoms with Crippen LogP contribution in [0.1, 0.15) is 87.9 Å². The average Bonchev–Trinajstić information content (AvgIpc) is 2.87. The maximum atomic E-state index is 10.4. The lowest BCUT2D eigenvalue weighted by molar-refractivity contribution is -0.139. The zero-order valence-corrected chi connectivity index (χ0v) is 23.6. The summed E-state index contributed by atoms with van der Waals surface area (Å²) in [6.45, 7) is 11.3. The van der Waals surface area contributed by atoms with Crippen molar-refractivity contribution in [1.82, 2.24) is 0 Å². The van der Waals surface area contributed by atoms with Crippen molar-refractivity contribution in [3.63, 3.8) is 0 Å². The summed E-state index contributed by atoms with van der Waals surface area (Å²) in [5, 5.41) is 68.5. The topological polar surface area (TPSA) is 230 Å². The highest BCUT2D eigenvalue weighted by atomic mass is 16.4. The Hall–Kier alpha value is -3.06. The van der Waals surface area contributed by atoms with Crippen LogP contribution in [0.4, 0.5) is 0 Å². The van der Waals surface area contributed by atoms with Gasteiger partial charge >= 0.3 is 23.9 Å². The molecule has 0 heterocycles. The van der Waals surface area contributed by atoms with Gasteiger partial charge in [-0.15, -0.1) is 0 Å². The Kier molecular flexibility index (Phi) is 21.6. The first kappa shape index (κ1) is 40.4. The van der Waals surface area contributed by atoms with Gasteiger partial charge in [0, 0.05) is 23.7 Å². The molecule has 39 heavy (non-hydrogen) atoms. The Labute approximate surface area is 229 Å². The van der Waals surface area contributed by atoms with E-state index in [1.807, 2.05) is 27.7 Å². The van der Waals surface area contributed by atoms with E-state index < -0.39 is 30.0 Å². The minimum absolute atomic E-state index is 0.0186. The Balaban J connectivity index is -0.000000451. The van der Waals surface area contributed by atoms with Crippen LogP contribution in [0.5, 0.6) is 0 Å². The average molecular weight is 563 g/mol. The molecule has 0 spiro atoms. The van der Waals surface area contributed by atoms with Crippen molar-refractivity contribution >= 4 is 23.9 Å². The number of aliphatic hydroxyl groups excluding tert-OH is 4. The van der Waals surface area contributed by atoms with Crippen LogP contribution in [0, 0.1) is 16.7 Å². The third kappa shape index (κ3) is 22.6. The van der Waals surface area contributed by atoms with Crippen molar-refractivity contribution < 1.29 is 60.0 Å². The maximum Gasteiger partial charge on any atom is 0.335 e. The van der Waals surface area contributed by atoms with E-state index in [9.17, 15) is 24.3 Å². The fourth-order valence-electron chi connectivity index (χ4n) is 2.38. The number of hydrogen-bond acceptors (Lipinski definition) is 8. The van der Waals surface area contributed by atoms with Gasteiger partial charge in [-0.1, -0.05) is 47.6 Å². The fraction of sp³-hybridized carbons (Fsp3) is 0.630. The molecular weight excluding hydrogens is 516 g/mol. The molecule has 1 aromatic rings. The molecule has 0 aliphatic rings. The van der Waals surface area contributed by atoms with Crippen LogP contribution in [0.3, 0.4) is 0 Å². The fourth-order valence-corrected chi connectivity index (χ4v) is 2.38. The number of carbonyl (C=O) groups is 4. The highest BCUT2D eigenvalue weighted by Gasteiger charge is 2.29. The zero-order valence-electron chi connectivity index (χ0n) is 23.6. The first-order valence-electron chi connectivity index (χ1n) is 12.3. The Morgan fingerprint density at radius 3 is 1.26 bits per heavy atom. The van der Waals surface area contributed by atoms with Crippen molar-refractivity contribution in [1.29, 1.82) is 0 Å². The van der Waals surface area contributed by atoms with E-state index in [-0.39, 0.29) is 60.5 Å². The number of carboxylic acid groups (broad SMARTS) is 4. The van der Waals surface area contributed by atoms with Gasteiger partial charge in [0.15, 0.2) is 0 Å². The van der Waals surface area contributed by atoms with Crippen molar-refractivity contribution in [3.05, 3.63) is 35.4 Å². The van der Waals surface area contributed by atoms with Crippen LogP contribution in [0.2, 0.25) is 0 Å². The molecule has 0 bridgehead atoms. The number of aliphatic hydroxyl groups is 4. The highest BCUT2D eigenvalue weighted by Crippen LogP contribution is 2.24. The predicted molar refractivity (Wildman–Crippen MR) is 144 cm³/mol. The summed E-state index contributed by atoms with van der Waals surface area (Å²) in [6, 6.07) is 5.20. The number of carboxylic acids is 4. The second-order valence-corrected chi connectivity index (χ2v) is 10.5. The summed E-state index contributed by atoms with van der Waals surface area (Å²) in [6.07, 6.45) is 0.599. The van der Waals surface area contributed by atoms with Crippen LogP contribution in [-0.4, -0.2) is 90.7 Å². The molecular formula is C27H46O12. The number of rotatable bonds is 12. The molecule has 8 N–H and O–H groups in total. The Morgan fingerprint density at radius 2 is 1.08 bits per heavy atom. The van der Waals surface area contributed by atoms with Gasteiger partial charge in [-0.2, -0.15) is 0 Å². The smallest absolute Gasteiger partial charge is 0.335 e. The Bertz CT molecular complexity index is 811. The minimum Gasteiger partial charge on any atom is -0.481 e. The van der Waals surface area contributed by atoms with Gasteiger partial charge in [0.25, 0.3) is 0 Å². The molecule has 1 unspecified atom stereocenters. The predicted octanol–water partition coefficient (Wildman–Crippen LogP) is 2.82. The summed E-state index contributed by atoms with van der Waals surface area (Å²) in [5.41, 5.74) is -0.710. The first-order valence-corrected chi connectivity index (χ1v) is 12.3. The van der Waals surface area contributed by atoms with Gasteiger partial charge in [-0.3, -0.25) is 9.59 Å². The van der Waals surface area contributed by atoms with Gasteiger partial charge in [0.1, 0.15) is 0 Å². The lowest BCUT2D eigenvalue weighted by Gasteiger charge is -2.30. The van der Waals surface area contributed by atoms with Crippen molar-refractivity contribution in [2.45, 2.75) is 73.3 Å². The van der Waals surface area contributed by atoms with Gasteiger partial charge in [-0.05, 0) is 37.0 Å². The standard InChI is InChI=1S/C8H6O4.C8H18O2.C6H10O4.C5H12O2/c9-7(10)5-2-1-3-6(4-5)8(11)12;1-6(2)7(10)8(3,4)5-9;7-5(8)3-1-2-4-6(9)10;1-5(2,3-6)4-7/h1-4H,(H,9,10)(H,11,12);6-7,9-10H,5H2,1-4H3;1-4H2,(H,7,8)(H,9,10);6-7H,3-4H2,1-2H3. The van der Waals surface area contributed by atoms with Crippen LogP contribution < -0.4 is 0 Å². The SMILES string of the molecule is CC(C)(CO)CO.CC(C)C(O)C(C)(C)CO.O=C(O)CCCCC(=O)O.O=C(O)c1cccc(C(=O)O)c1. The maximum absolute atomic E-state index is 10.4. The van der Waals surface area contributed by atoms with Gasteiger partial charge < -0.3 is 40.9 Å². The van der Waals surface area contributed by atoms with Crippen LogP contribution in [0.25, 0.3) is 0 Å². The number of aromatic carboxylic acids is 2. The second-order valence-electron chi connectivity index (χ2n) is 10.5. The summed E-state index contributed by atoms with van der Waals surface area (Å²) >= 11 is 0. The zero-order chi connectivity index (χ0) is 31.4. The quantitative estimate of drug-likeness (QED) is 0.172. The molecule has 12 nitrogen and oxygen atoms in total. The van der Waals surface area contributed by atoms with Crippen molar-refractivity contribution in [3.8, 4) is 0 Å². The van der Waals surface area contributed by atoms with Gasteiger partial charge in [0.05, 0.1) is 37.1 Å². The molecule has 226 valence electrons. The molecule has 1 rings (SSSR count). The van der Waals surface area contributed by atoms with E-state index in [1.54, 1.807) is 13.8 Å². The van der Waals surface area contributed by atoms with E-state index in [0.717, 1.165) is 6.07 Å². The molecule has 0 fully saturated rings. The molecule has 0 radical (unpaired) electrons. The normalized spacial score (nSPS) is 11.5. The lowest BCUT2D eigenvalue weighted by atomic mass is 9.82. The summed E-state index contributed by atoms with van der Waals surface area (Å²) in [4.78, 5) is 40.6. The lowest BCUT2D eigenvalue weighted by Crippen LogP contribution is -2.36. The molecule has 12 heteroatoms. The van der Waals surface area contributed by atoms with Gasteiger partial charge in [0.2, 0.25) is 0 Å². The number of unbranched alkanes of at least 4 members (excludes halogenated alkanes) is 1. The molecule has 0 saturated carbocycles. The van der Waals surface area contributed by atoms with Crippen LogP contribution >= 0.6 is 0 Å². The van der Waals surface area contributed by atoms with E-state index in [2.05, 4.69) is 0 Å². The van der Waals surface area contributed by atoms with Crippen LogP contribution in [-0.2, 0) is 9.59 Å². The van der Waals surface area contributed by atoms with Crippen LogP contribution in [0.15, 0.2) is 24.3 Å².